The minimum absolute atomic E-state index is 0.843. The zero-order chi connectivity index (χ0) is 21.3. The molecule has 0 unspecified atom stereocenters. The zero-order valence-electron chi connectivity index (χ0n) is 18.8. The van der Waals surface area contributed by atoms with Crippen LogP contribution in [0.25, 0.3) is 5.57 Å². The van der Waals surface area contributed by atoms with Crippen molar-refractivity contribution in [2.75, 3.05) is 31.1 Å². The summed E-state index contributed by atoms with van der Waals surface area (Å²) >= 11 is 6.33. The largest absolute Gasteiger partial charge is 0.368 e. The van der Waals surface area contributed by atoms with Gasteiger partial charge in [-0.05, 0) is 43.2 Å². The van der Waals surface area contributed by atoms with E-state index in [4.69, 9.17) is 11.6 Å². The molecule has 0 bridgehead atoms. The number of nitrogens with zero attached hydrogens (tertiary/aromatic N) is 3. The maximum atomic E-state index is 6.33. The van der Waals surface area contributed by atoms with Crippen molar-refractivity contribution in [3.05, 3.63) is 58.9 Å². The van der Waals surface area contributed by atoms with E-state index >= 15 is 0 Å². The molecule has 1 aliphatic heterocycles. The van der Waals surface area contributed by atoms with Gasteiger partial charge >= 0.3 is 0 Å². The SMILES string of the molecule is C=C(C)c1cc(CN2CCN(c3ccccc3Cl)CC2)c(C)n1C.CC.CC. The fourth-order valence-corrected chi connectivity index (χ4v) is 3.68. The molecule has 3 rings (SSSR count). The van der Waals surface area contributed by atoms with E-state index in [0.29, 0.717) is 0 Å². The van der Waals surface area contributed by atoms with Gasteiger partial charge in [0, 0.05) is 51.2 Å². The lowest BCUT2D eigenvalue weighted by molar-refractivity contribution is 0.249. The number of piperazine rings is 1. The molecule has 0 N–H and O–H groups in total. The van der Waals surface area contributed by atoms with Crippen molar-refractivity contribution >= 4 is 22.9 Å². The first-order valence-corrected chi connectivity index (χ1v) is 10.9. The van der Waals surface area contributed by atoms with E-state index in [-0.39, 0.29) is 0 Å². The van der Waals surface area contributed by atoms with Crippen LogP contribution in [-0.4, -0.2) is 35.6 Å². The lowest BCUT2D eigenvalue weighted by Gasteiger charge is -2.36. The fourth-order valence-electron chi connectivity index (χ4n) is 3.43. The standard InChI is InChI=1S/C20H26ClN3.2C2H6/c1-15(2)20-13-17(16(3)22(20)4)14-23-9-11-24(12-10-23)19-8-6-5-7-18(19)21;2*1-2/h5-8,13H,1,9-12,14H2,2-4H3;2*1-2H3. The Hall–Kier alpha value is -1.71. The van der Waals surface area contributed by atoms with Crippen LogP contribution in [0.3, 0.4) is 0 Å². The lowest BCUT2D eigenvalue weighted by atomic mass is 10.1. The molecular weight excluding hydrogens is 366 g/mol. The summed E-state index contributed by atoms with van der Waals surface area (Å²) in [5, 5.41) is 0.843. The molecule has 0 spiro atoms. The molecule has 156 valence electrons. The van der Waals surface area contributed by atoms with E-state index in [1.807, 2.05) is 39.8 Å². The highest BCUT2D eigenvalue weighted by Crippen LogP contribution is 2.27. The van der Waals surface area contributed by atoms with Crippen molar-refractivity contribution in [1.82, 2.24) is 9.47 Å². The van der Waals surface area contributed by atoms with Crippen LogP contribution in [0.1, 0.15) is 51.6 Å². The number of hydrogen-bond acceptors (Lipinski definition) is 2. The Kier molecular flexibility index (Phi) is 10.4. The number of allylic oxidation sites excluding steroid dienone is 1. The Bertz CT molecular complexity index is 740. The van der Waals surface area contributed by atoms with Crippen LogP contribution in [0.2, 0.25) is 5.02 Å². The van der Waals surface area contributed by atoms with Gasteiger partial charge < -0.3 is 9.47 Å². The number of hydrogen-bond donors (Lipinski definition) is 0. The first kappa shape index (κ1) is 24.3. The molecule has 4 heteroatoms. The maximum absolute atomic E-state index is 6.33. The quantitative estimate of drug-likeness (QED) is 0.585. The van der Waals surface area contributed by atoms with E-state index in [2.05, 4.69) is 60.0 Å². The van der Waals surface area contributed by atoms with Gasteiger partial charge in [-0.2, -0.15) is 0 Å². The number of halogens is 1. The second-order valence-corrected chi connectivity index (χ2v) is 7.10. The van der Waals surface area contributed by atoms with Crippen LogP contribution < -0.4 is 4.90 Å². The Morgan fingerprint density at radius 3 is 2.11 bits per heavy atom. The van der Waals surface area contributed by atoms with Crippen molar-refractivity contribution in [2.45, 2.75) is 48.1 Å². The third-order valence-electron chi connectivity index (χ3n) is 5.04. The van der Waals surface area contributed by atoms with Gasteiger partial charge in [0.05, 0.1) is 10.7 Å². The zero-order valence-corrected chi connectivity index (χ0v) is 19.6. The predicted molar refractivity (Wildman–Crippen MR) is 126 cm³/mol. The van der Waals surface area contributed by atoms with E-state index in [9.17, 15) is 0 Å². The molecule has 2 aromatic rings. The second kappa shape index (κ2) is 12.0. The van der Waals surface area contributed by atoms with Crippen molar-refractivity contribution in [2.24, 2.45) is 7.05 Å². The fraction of sp³-hybridized carbons (Fsp3) is 0.500. The van der Waals surface area contributed by atoms with Crippen molar-refractivity contribution in [3.63, 3.8) is 0 Å². The predicted octanol–water partition coefficient (Wildman–Crippen LogP) is 6.39. The smallest absolute Gasteiger partial charge is 0.0639 e. The monoisotopic (exact) mass is 403 g/mol. The average molecular weight is 404 g/mol. The molecule has 0 saturated carbocycles. The van der Waals surface area contributed by atoms with Crippen LogP contribution in [0.4, 0.5) is 5.69 Å². The van der Waals surface area contributed by atoms with Crippen LogP contribution >= 0.6 is 11.6 Å². The highest BCUT2D eigenvalue weighted by atomic mass is 35.5. The topological polar surface area (TPSA) is 11.4 Å². The maximum Gasteiger partial charge on any atom is 0.0639 e. The highest BCUT2D eigenvalue weighted by Gasteiger charge is 2.20. The molecule has 0 amide bonds. The molecule has 28 heavy (non-hydrogen) atoms. The summed E-state index contributed by atoms with van der Waals surface area (Å²) in [6.07, 6.45) is 0. The normalized spacial score (nSPS) is 13.9. The minimum atomic E-state index is 0.843. The van der Waals surface area contributed by atoms with Gasteiger partial charge in [0.1, 0.15) is 0 Å². The van der Waals surface area contributed by atoms with Crippen LogP contribution in [-0.2, 0) is 13.6 Å². The van der Waals surface area contributed by atoms with Gasteiger partial charge in [-0.15, -0.1) is 0 Å². The molecule has 3 nitrogen and oxygen atoms in total. The van der Waals surface area contributed by atoms with Gasteiger partial charge in [-0.3, -0.25) is 4.90 Å². The first-order chi connectivity index (χ1) is 13.5. The third kappa shape index (κ3) is 5.89. The molecule has 1 aromatic heterocycles. The van der Waals surface area contributed by atoms with E-state index in [0.717, 1.165) is 49.0 Å². The van der Waals surface area contributed by atoms with Gasteiger partial charge in [0.15, 0.2) is 0 Å². The number of rotatable bonds is 4. The van der Waals surface area contributed by atoms with E-state index in [1.54, 1.807) is 0 Å². The van der Waals surface area contributed by atoms with Gasteiger partial charge in [0.2, 0.25) is 0 Å². The molecule has 1 aromatic carbocycles. The summed E-state index contributed by atoms with van der Waals surface area (Å²) in [4.78, 5) is 4.91. The summed E-state index contributed by atoms with van der Waals surface area (Å²) in [5.41, 5.74) is 6.25. The molecule has 0 radical (unpaired) electrons. The van der Waals surface area contributed by atoms with Gasteiger partial charge in [0.25, 0.3) is 0 Å². The molecular formula is C24H38ClN3. The van der Waals surface area contributed by atoms with Crippen molar-refractivity contribution < 1.29 is 0 Å². The lowest BCUT2D eigenvalue weighted by Crippen LogP contribution is -2.46. The minimum Gasteiger partial charge on any atom is -0.368 e. The number of aromatic nitrogens is 1. The molecule has 0 atom stereocenters. The van der Waals surface area contributed by atoms with E-state index < -0.39 is 0 Å². The number of anilines is 1. The highest BCUT2D eigenvalue weighted by molar-refractivity contribution is 6.33. The van der Waals surface area contributed by atoms with Crippen LogP contribution in [0.5, 0.6) is 0 Å². The van der Waals surface area contributed by atoms with Crippen LogP contribution in [0.15, 0.2) is 36.9 Å². The second-order valence-electron chi connectivity index (χ2n) is 6.69. The summed E-state index contributed by atoms with van der Waals surface area (Å²) in [7, 11) is 2.12. The average Bonchev–Trinajstić information content (AvgIpc) is 3.01. The number of para-hydroxylation sites is 1. The van der Waals surface area contributed by atoms with Gasteiger partial charge in [-0.25, -0.2) is 0 Å². The Morgan fingerprint density at radius 1 is 1.04 bits per heavy atom. The van der Waals surface area contributed by atoms with Gasteiger partial charge in [-0.1, -0.05) is 58.0 Å². The first-order valence-electron chi connectivity index (χ1n) is 10.5. The van der Waals surface area contributed by atoms with Crippen molar-refractivity contribution in [3.8, 4) is 0 Å². The summed E-state index contributed by atoms with van der Waals surface area (Å²) in [6, 6.07) is 10.4. The molecule has 1 fully saturated rings. The Labute approximate surface area is 177 Å². The summed E-state index contributed by atoms with van der Waals surface area (Å²) in [6.45, 7) is 21.5. The van der Waals surface area contributed by atoms with Crippen LogP contribution in [0, 0.1) is 6.92 Å². The molecule has 2 heterocycles. The summed E-state index contributed by atoms with van der Waals surface area (Å²) < 4.78 is 2.25. The van der Waals surface area contributed by atoms with E-state index in [1.165, 1.54) is 17.0 Å². The number of benzene rings is 1. The van der Waals surface area contributed by atoms with Crippen molar-refractivity contribution in [1.29, 1.82) is 0 Å². The molecule has 1 saturated heterocycles. The molecule has 0 aliphatic carbocycles. The Morgan fingerprint density at radius 2 is 1.61 bits per heavy atom. The third-order valence-corrected chi connectivity index (χ3v) is 5.36. The molecule has 1 aliphatic rings. The Balaban J connectivity index is 0.000000921. The summed E-state index contributed by atoms with van der Waals surface area (Å²) in [5.74, 6) is 0.